The summed E-state index contributed by atoms with van der Waals surface area (Å²) in [6, 6.07) is 3.39. The molecule has 0 radical (unpaired) electrons. The van der Waals surface area contributed by atoms with Crippen molar-refractivity contribution in [2.45, 2.75) is 5.33 Å². The standard InChI is InChI=1S/C9H8BrN3O2/c1-15-9(14)7-4-6(5-10)13-8(12-7)2-3-11-13/h2-4H,5H2,1H3. The van der Waals surface area contributed by atoms with Gasteiger partial charge in [-0.2, -0.15) is 5.10 Å². The van der Waals surface area contributed by atoms with Gasteiger partial charge in [-0.3, -0.25) is 0 Å². The summed E-state index contributed by atoms with van der Waals surface area (Å²) in [5.41, 5.74) is 1.78. The van der Waals surface area contributed by atoms with Gasteiger partial charge in [0.1, 0.15) is 0 Å². The Hall–Kier alpha value is -1.43. The average Bonchev–Trinajstić information content (AvgIpc) is 2.74. The molecule has 0 aliphatic rings. The average molecular weight is 270 g/mol. The summed E-state index contributed by atoms with van der Waals surface area (Å²) < 4.78 is 6.28. The zero-order valence-corrected chi connectivity index (χ0v) is 9.56. The van der Waals surface area contributed by atoms with Crippen molar-refractivity contribution in [1.82, 2.24) is 14.6 Å². The van der Waals surface area contributed by atoms with Gasteiger partial charge < -0.3 is 4.74 Å². The highest BCUT2D eigenvalue weighted by Gasteiger charge is 2.11. The molecule has 0 fully saturated rings. The van der Waals surface area contributed by atoms with Crippen molar-refractivity contribution in [2.24, 2.45) is 0 Å². The van der Waals surface area contributed by atoms with E-state index < -0.39 is 5.97 Å². The summed E-state index contributed by atoms with van der Waals surface area (Å²) in [6.07, 6.45) is 1.63. The maximum absolute atomic E-state index is 11.3. The number of ether oxygens (including phenoxy) is 1. The SMILES string of the molecule is COC(=O)c1cc(CBr)n2nccc2n1. The fourth-order valence-corrected chi connectivity index (χ4v) is 1.68. The smallest absolute Gasteiger partial charge is 0.356 e. The second kappa shape index (κ2) is 3.98. The predicted octanol–water partition coefficient (Wildman–Crippen LogP) is 1.41. The molecule has 6 heteroatoms. The van der Waals surface area contributed by atoms with Gasteiger partial charge in [-0.25, -0.2) is 14.3 Å². The fourth-order valence-electron chi connectivity index (χ4n) is 1.28. The van der Waals surface area contributed by atoms with Crippen LogP contribution < -0.4 is 0 Å². The molecular weight excluding hydrogens is 262 g/mol. The van der Waals surface area contributed by atoms with Crippen LogP contribution in [-0.2, 0) is 10.1 Å². The molecule has 0 unspecified atom stereocenters. The minimum Gasteiger partial charge on any atom is -0.464 e. The first-order valence-corrected chi connectivity index (χ1v) is 5.36. The summed E-state index contributed by atoms with van der Waals surface area (Å²) in [6.45, 7) is 0. The Labute approximate surface area is 94.2 Å². The number of aromatic nitrogens is 3. The molecule has 0 aliphatic heterocycles. The Kier molecular flexibility index (Phi) is 2.68. The molecule has 0 amide bonds. The Balaban J connectivity index is 2.63. The van der Waals surface area contributed by atoms with Crippen LogP contribution >= 0.6 is 15.9 Å². The molecule has 78 valence electrons. The predicted molar refractivity (Wildman–Crippen MR) is 57.0 cm³/mol. The summed E-state index contributed by atoms with van der Waals surface area (Å²) >= 11 is 3.33. The molecule has 0 aliphatic carbocycles. The van der Waals surface area contributed by atoms with E-state index >= 15 is 0 Å². The lowest BCUT2D eigenvalue weighted by molar-refractivity contribution is 0.0594. The number of hydrogen-bond acceptors (Lipinski definition) is 4. The first-order chi connectivity index (χ1) is 7.26. The zero-order chi connectivity index (χ0) is 10.8. The van der Waals surface area contributed by atoms with E-state index in [4.69, 9.17) is 0 Å². The number of esters is 1. The first kappa shape index (κ1) is 10.1. The third-order valence-corrected chi connectivity index (χ3v) is 2.54. The van der Waals surface area contributed by atoms with Crippen LogP contribution in [0.1, 0.15) is 16.2 Å². The second-order valence-corrected chi connectivity index (χ2v) is 3.42. The summed E-state index contributed by atoms with van der Waals surface area (Å²) in [4.78, 5) is 15.4. The number of alkyl halides is 1. The highest BCUT2D eigenvalue weighted by atomic mass is 79.9. The van der Waals surface area contributed by atoms with Gasteiger partial charge >= 0.3 is 5.97 Å². The Morgan fingerprint density at radius 3 is 3.13 bits per heavy atom. The maximum atomic E-state index is 11.3. The fraction of sp³-hybridized carbons (Fsp3) is 0.222. The van der Waals surface area contributed by atoms with Crippen molar-refractivity contribution in [1.29, 1.82) is 0 Å². The van der Waals surface area contributed by atoms with E-state index in [2.05, 4.69) is 30.7 Å². The highest BCUT2D eigenvalue weighted by Crippen LogP contribution is 2.11. The molecule has 0 N–H and O–H groups in total. The van der Waals surface area contributed by atoms with Gasteiger partial charge in [-0.1, -0.05) is 15.9 Å². The lowest BCUT2D eigenvalue weighted by Gasteiger charge is -2.03. The van der Waals surface area contributed by atoms with Crippen LogP contribution in [0.2, 0.25) is 0 Å². The summed E-state index contributed by atoms with van der Waals surface area (Å²) in [5.74, 6) is -0.444. The van der Waals surface area contributed by atoms with E-state index in [9.17, 15) is 4.79 Å². The molecule has 0 spiro atoms. The van der Waals surface area contributed by atoms with Crippen molar-refractivity contribution in [3.8, 4) is 0 Å². The van der Waals surface area contributed by atoms with E-state index in [1.165, 1.54) is 7.11 Å². The molecule has 0 bridgehead atoms. The van der Waals surface area contributed by atoms with Crippen LogP contribution in [0.4, 0.5) is 0 Å². The zero-order valence-electron chi connectivity index (χ0n) is 7.98. The van der Waals surface area contributed by atoms with E-state index in [-0.39, 0.29) is 0 Å². The van der Waals surface area contributed by atoms with Crippen LogP contribution in [0.15, 0.2) is 18.3 Å². The van der Waals surface area contributed by atoms with Crippen molar-refractivity contribution >= 4 is 27.5 Å². The third-order valence-electron chi connectivity index (χ3n) is 1.96. The van der Waals surface area contributed by atoms with Crippen LogP contribution in [0, 0.1) is 0 Å². The summed E-state index contributed by atoms with van der Waals surface area (Å²) in [7, 11) is 1.33. The maximum Gasteiger partial charge on any atom is 0.356 e. The van der Waals surface area contributed by atoms with Gasteiger partial charge in [0.2, 0.25) is 0 Å². The first-order valence-electron chi connectivity index (χ1n) is 4.24. The molecule has 2 rings (SSSR count). The van der Waals surface area contributed by atoms with Gasteiger partial charge in [0, 0.05) is 11.4 Å². The van der Waals surface area contributed by atoms with Crippen LogP contribution in [0.5, 0.6) is 0 Å². The third kappa shape index (κ3) is 1.72. The Morgan fingerprint density at radius 2 is 2.47 bits per heavy atom. The molecule has 15 heavy (non-hydrogen) atoms. The van der Waals surface area contributed by atoms with Gasteiger partial charge in [-0.15, -0.1) is 0 Å². The minimum absolute atomic E-state index is 0.292. The molecule has 2 aromatic rings. The van der Waals surface area contributed by atoms with Gasteiger partial charge in [-0.05, 0) is 6.07 Å². The molecule has 2 aromatic heterocycles. The summed E-state index contributed by atoms with van der Waals surface area (Å²) in [5, 5.41) is 4.68. The van der Waals surface area contributed by atoms with E-state index in [1.54, 1.807) is 22.8 Å². The number of halogens is 1. The highest BCUT2D eigenvalue weighted by molar-refractivity contribution is 9.08. The van der Waals surface area contributed by atoms with Crippen LogP contribution in [0.3, 0.4) is 0 Å². The van der Waals surface area contributed by atoms with Crippen LogP contribution in [-0.4, -0.2) is 27.7 Å². The van der Waals surface area contributed by atoms with Gasteiger partial charge in [0.05, 0.1) is 19.0 Å². The molecule has 0 atom stereocenters. The number of methoxy groups -OCH3 is 1. The largest absolute Gasteiger partial charge is 0.464 e. The number of rotatable bonds is 2. The van der Waals surface area contributed by atoms with Crippen molar-refractivity contribution in [2.75, 3.05) is 7.11 Å². The Morgan fingerprint density at radius 1 is 1.67 bits per heavy atom. The van der Waals surface area contributed by atoms with E-state index in [0.717, 1.165) is 5.69 Å². The molecule has 0 saturated heterocycles. The van der Waals surface area contributed by atoms with E-state index in [0.29, 0.717) is 16.7 Å². The number of fused-ring (bicyclic) bond motifs is 1. The molecule has 0 saturated carbocycles. The normalized spacial score (nSPS) is 10.5. The van der Waals surface area contributed by atoms with Crippen molar-refractivity contribution < 1.29 is 9.53 Å². The number of carbonyl (C=O) groups excluding carboxylic acids is 1. The number of hydrogen-bond donors (Lipinski definition) is 0. The quantitative estimate of drug-likeness (QED) is 0.611. The monoisotopic (exact) mass is 269 g/mol. The minimum atomic E-state index is -0.444. The topological polar surface area (TPSA) is 56.5 Å². The lowest BCUT2D eigenvalue weighted by atomic mass is 10.3. The lowest BCUT2D eigenvalue weighted by Crippen LogP contribution is -2.08. The van der Waals surface area contributed by atoms with Gasteiger partial charge in [0.25, 0.3) is 0 Å². The van der Waals surface area contributed by atoms with Crippen molar-refractivity contribution in [3.05, 3.63) is 29.7 Å². The molecular formula is C9H8BrN3O2. The molecule has 0 aromatic carbocycles. The van der Waals surface area contributed by atoms with Crippen LogP contribution in [0.25, 0.3) is 5.65 Å². The van der Waals surface area contributed by atoms with Gasteiger partial charge in [0.15, 0.2) is 11.3 Å². The Bertz CT molecular complexity index is 509. The number of carbonyl (C=O) groups is 1. The van der Waals surface area contributed by atoms with E-state index in [1.807, 2.05) is 0 Å². The number of nitrogens with zero attached hydrogens (tertiary/aromatic N) is 3. The molecule has 5 nitrogen and oxygen atoms in total. The molecule has 2 heterocycles. The second-order valence-electron chi connectivity index (χ2n) is 2.86. The van der Waals surface area contributed by atoms with Crippen molar-refractivity contribution in [3.63, 3.8) is 0 Å².